The monoisotopic (exact) mass is 480 g/mol. The number of carbonyl (C=O) groups is 2. The highest BCUT2D eigenvalue weighted by atomic mass is 79.9. The first kappa shape index (κ1) is 20.1. The molecular formula is C23H17BrN2O3S. The molecule has 0 fully saturated rings. The highest BCUT2D eigenvalue weighted by molar-refractivity contribution is 9.10. The van der Waals surface area contributed by atoms with Crippen molar-refractivity contribution in [3.63, 3.8) is 0 Å². The molecule has 0 unspecified atom stereocenters. The molecule has 150 valence electrons. The van der Waals surface area contributed by atoms with Gasteiger partial charge in [-0.3, -0.25) is 9.59 Å². The third-order valence-corrected chi connectivity index (χ3v) is 6.13. The van der Waals surface area contributed by atoms with Crippen LogP contribution < -0.4 is 15.4 Å². The molecule has 4 aromatic rings. The predicted molar refractivity (Wildman–Crippen MR) is 125 cm³/mol. The number of amides is 2. The zero-order chi connectivity index (χ0) is 21.1. The lowest BCUT2D eigenvalue weighted by atomic mass is 10.0. The average Bonchev–Trinajstić information content (AvgIpc) is 3.30. The zero-order valence-electron chi connectivity index (χ0n) is 15.9. The van der Waals surface area contributed by atoms with E-state index in [0.29, 0.717) is 27.6 Å². The summed E-state index contributed by atoms with van der Waals surface area (Å²) >= 11 is 4.89. The maximum absolute atomic E-state index is 12.9. The number of ether oxygens (including phenoxy) is 1. The molecule has 0 saturated carbocycles. The van der Waals surface area contributed by atoms with Crippen LogP contribution in [0.15, 0.2) is 76.6 Å². The van der Waals surface area contributed by atoms with Gasteiger partial charge < -0.3 is 15.4 Å². The molecule has 0 aliphatic rings. The van der Waals surface area contributed by atoms with Gasteiger partial charge in [-0.1, -0.05) is 46.3 Å². The fourth-order valence-electron chi connectivity index (χ4n) is 3.13. The summed E-state index contributed by atoms with van der Waals surface area (Å²) in [7, 11) is 1.52. The van der Waals surface area contributed by atoms with Crippen LogP contribution in [-0.4, -0.2) is 18.9 Å². The molecule has 2 N–H and O–H groups in total. The predicted octanol–water partition coefficient (Wildman–Crippen LogP) is 6.18. The first-order valence-electron chi connectivity index (χ1n) is 9.08. The van der Waals surface area contributed by atoms with Gasteiger partial charge in [0.1, 0.15) is 5.75 Å². The molecule has 0 saturated heterocycles. The van der Waals surface area contributed by atoms with Crippen molar-refractivity contribution in [1.29, 1.82) is 0 Å². The van der Waals surface area contributed by atoms with Crippen molar-refractivity contribution in [2.75, 3.05) is 17.7 Å². The van der Waals surface area contributed by atoms with Crippen LogP contribution in [0.3, 0.4) is 0 Å². The standard InChI is InChI=1S/C23H17BrN2O3S/c1-29-20-13-14(10-11-19(20)26-23(28)21-9-4-12-30-21)25-22(27)17-7-2-6-16-15(17)5-3-8-18(16)24/h2-13H,1H3,(H,25,27)(H,26,28). The van der Waals surface area contributed by atoms with Gasteiger partial charge in [0, 0.05) is 21.8 Å². The third kappa shape index (κ3) is 4.08. The molecule has 30 heavy (non-hydrogen) atoms. The number of hydrogen-bond donors (Lipinski definition) is 2. The van der Waals surface area contributed by atoms with E-state index in [-0.39, 0.29) is 11.8 Å². The molecule has 2 amide bonds. The Morgan fingerprint density at radius 3 is 2.47 bits per heavy atom. The lowest BCUT2D eigenvalue weighted by molar-refractivity contribution is 0.102. The van der Waals surface area contributed by atoms with Gasteiger partial charge in [0.25, 0.3) is 11.8 Å². The quantitative estimate of drug-likeness (QED) is 0.358. The second-order valence-electron chi connectivity index (χ2n) is 6.44. The van der Waals surface area contributed by atoms with Crippen molar-refractivity contribution < 1.29 is 14.3 Å². The van der Waals surface area contributed by atoms with Gasteiger partial charge in [-0.05, 0) is 46.5 Å². The van der Waals surface area contributed by atoms with Crippen LogP contribution in [0.25, 0.3) is 10.8 Å². The van der Waals surface area contributed by atoms with Gasteiger partial charge >= 0.3 is 0 Å². The maximum Gasteiger partial charge on any atom is 0.265 e. The number of thiophene rings is 1. The van der Waals surface area contributed by atoms with E-state index in [2.05, 4.69) is 26.6 Å². The molecule has 0 atom stereocenters. The number of hydrogen-bond acceptors (Lipinski definition) is 4. The summed E-state index contributed by atoms with van der Waals surface area (Å²) in [6, 6.07) is 20.1. The molecule has 0 spiro atoms. The van der Waals surface area contributed by atoms with Gasteiger partial charge in [-0.15, -0.1) is 11.3 Å². The largest absolute Gasteiger partial charge is 0.494 e. The van der Waals surface area contributed by atoms with Crippen LogP contribution in [0.4, 0.5) is 11.4 Å². The Labute approximate surface area is 185 Å². The van der Waals surface area contributed by atoms with E-state index in [1.807, 2.05) is 41.8 Å². The highest BCUT2D eigenvalue weighted by Crippen LogP contribution is 2.30. The Hall–Kier alpha value is -3.16. The van der Waals surface area contributed by atoms with Crippen molar-refractivity contribution in [3.8, 4) is 5.75 Å². The van der Waals surface area contributed by atoms with E-state index in [1.54, 1.807) is 30.3 Å². The van der Waals surface area contributed by atoms with Crippen LogP contribution >= 0.6 is 27.3 Å². The number of methoxy groups -OCH3 is 1. The molecule has 5 nitrogen and oxygen atoms in total. The van der Waals surface area contributed by atoms with E-state index in [9.17, 15) is 9.59 Å². The molecule has 7 heteroatoms. The van der Waals surface area contributed by atoms with Crippen molar-refractivity contribution in [2.24, 2.45) is 0 Å². The van der Waals surface area contributed by atoms with Crippen LogP contribution in [0.1, 0.15) is 20.0 Å². The number of fused-ring (bicyclic) bond motifs is 1. The summed E-state index contributed by atoms with van der Waals surface area (Å²) in [5.41, 5.74) is 1.67. The summed E-state index contributed by atoms with van der Waals surface area (Å²) in [5, 5.41) is 9.41. The van der Waals surface area contributed by atoms with Crippen LogP contribution in [0.2, 0.25) is 0 Å². The Kier molecular flexibility index (Phi) is 5.83. The smallest absolute Gasteiger partial charge is 0.265 e. The van der Waals surface area contributed by atoms with E-state index in [4.69, 9.17) is 4.74 Å². The number of halogens is 1. The Bertz CT molecular complexity index is 1240. The fraction of sp³-hybridized carbons (Fsp3) is 0.0435. The van der Waals surface area contributed by atoms with E-state index in [1.165, 1.54) is 18.4 Å². The van der Waals surface area contributed by atoms with Gasteiger partial charge in [0.15, 0.2) is 0 Å². The van der Waals surface area contributed by atoms with E-state index in [0.717, 1.165) is 15.2 Å². The summed E-state index contributed by atoms with van der Waals surface area (Å²) in [6.07, 6.45) is 0. The number of benzene rings is 3. The number of carbonyl (C=O) groups excluding carboxylic acids is 2. The highest BCUT2D eigenvalue weighted by Gasteiger charge is 2.14. The number of nitrogens with one attached hydrogen (secondary N) is 2. The topological polar surface area (TPSA) is 67.4 Å². The average molecular weight is 481 g/mol. The minimum Gasteiger partial charge on any atom is -0.494 e. The SMILES string of the molecule is COc1cc(NC(=O)c2cccc3c(Br)cccc23)ccc1NC(=O)c1cccs1. The molecule has 0 aliphatic heterocycles. The Morgan fingerprint density at radius 1 is 0.900 bits per heavy atom. The molecule has 3 aromatic carbocycles. The molecule has 0 radical (unpaired) electrons. The molecule has 4 rings (SSSR count). The first-order chi connectivity index (χ1) is 14.6. The minimum absolute atomic E-state index is 0.207. The van der Waals surface area contributed by atoms with E-state index < -0.39 is 0 Å². The lowest BCUT2D eigenvalue weighted by Gasteiger charge is -2.13. The van der Waals surface area contributed by atoms with Crippen molar-refractivity contribution in [3.05, 3.63) is 87.0 Å². The van der Waals surface area contributed by atoms with Crippen molar-refractivity contribution >= 4 is 61.2 Å². The summed E-state index contributed by atoms with van der Waals surface area (Å²) in [5.74, 6) is 0.0240. The second-order valence-corrected chi connectivity index (χ2v) is 8.24. The van der Waals surface area contributed by atoms with Gasteiger partial charge in [0.2, 0.25) is 0 Å². The third-order valence-electron chi connectivity index (χ3n) is 4.57. The molecular weight excluding hydrogens is 464 g/mol. The molecule has 0 aliphatic carbocycles. The van der Waals surface area contributed by atoms with Gasteiger partial charge in [-0.2, -0.15) is 0 Å². The summed E-state index contributed by atoms with van der Waals surface area (Å²) in [4.78, 5) is 25.8. The van der Waals surface area contributed by atoms with Crippen LogP contribution in [0.5, 0.6) is 5.75 Å². The molecule has 1 aromatic heterocycles. The van der Waals surface area contributed by atoms with Crippen LogP contribution in [-0.2, 0) is 0 Å². The van der Waals surface area contributed by atoms with Gasteiger partial charge in [-0.25, -0.2) is 0 Å². The molecule has 0 bridgehead atoms. The normalized spacial score (nSPS) is 10.6. The van der Waals surface area contributed by atoms with Crippen molar-refractivity contribution in [1.82, 2.24) is 0 Å². The second kappa shape index (κ2) is 8.69. The fourth-order valence-corrected chi connectivity index (χ4v) is 4.25. The first-order valence-corrected chi connectivity index (χ1v) is 10.8. The minimum atomic E-state index is -0.226. The van der Waals surface area contributed by atoms with Gasteiger partial charge in [0.05, 0.1) is 17.7 Å². The van der Waals surface area contributed by atoms with E-state index >= 15 is 0 Å². The number of rotatable bonds is 5. The zero-order valence-corrected chi connectivity index (χ0v) is 18.3. The van der Waals surface area contributed by atoms with Crippen molar-refractivity contribution in [2.45, 2.75) is 0 Å². The van der Waals surface area contributed by atoms with Crippen LogP contribution in [0, 0.1) is 0 Å². The lowest BCUT2D eigenvalue weighted by Crippen LogP contribution is -2.14. The number of anilines is 2. The summed E-state index contributed by atoms with van der Waals surface area (Å²) < 4.78 is 6.34. The Balaban J connectivity index is 1.57. The Morgan fingerprint density at radius 2 is 1.70 bits per heavy atom. The molecule has 1 heterocycles. The maximum atomic E-state index is 12.9. The summed E-state index contributed by atoms with van der Waals surface area (Å²) in [6.45, 7) is 0.